The Kier molecular flexibility index (Phi) is 6.26. The summed E-state index contributed by atoms with van der Waals surface area (Å²) >= 11 is 0. The number of sulfonamides is 1. The predicted molar refractivity (Wildman–Crippen MR) is 88.7 cm³/mol. The van der Waals surface area contributed by atoms with Gasteiger partial charge in [-0.1, -0.05) is 13.8 Å². The van der Waals surface area contributed by atoms with E-state index in [9.17, 15) is 8.42 Å². The molecule has 0 saturated heterocycles. The van der Waals surface area contributed by atoms with Crippen LogP contribution in [0.15, 0.2) is 29.2 Å². The van der Waals surface area contributed by atoms with Gasteiger partial charge in [0.05, 0.1) is 11.0 Å². The minimum Gasteiger partial charge on any atom is -0.490 e. The maximum absolute atomic E-state index is 12.7. The van der Waals surface area contributed by atoms with Crippen LogP contribution in [0.25, 0.3) is 0 Å². The molecule has 2 rings (SSSR count). The van der Waals surface area contributed by atoms with Crippen molar-refractivity contribution in [2.45, 2.75) is 63.4 Å². The van der Waals surface area contributed by atoms with Gasteiger partial charge >= 0.3 is 0 Å². The summed E-state index contributed by atoms with van der Waals surface area (Å²) in [5.41, 5.74) is 0. The first-order valence-electron chi connectivity index (χ1n) is 8.34. The Morgan fingerprint density at radius 2 is 1.59 bits per heavy atom. The van der Waals surface area contributed by atoms with Crippen molar-refractivity contribution in [1.29, 1.82) is 0 Å². The van der Waals surface area contributed by atoms with E-state index in [4.69, 9.17) is 4.74 Å². The minimum atomic E-state index is -3.39. The number of rotatable bonds is 8. The van der Waals surface area contributed by atoms with Crippen LogP contribution in [-0.4, -0.2) is 31.9 Å². The zero-order valence-electron chi connectivity index (χ0n) is 13.6. The molecule has 4 nitrogen and oxygen atoms in total. The van der Waals surface area contributed by atoms with Gasteiger partial charge in [0.15, 0.2) is 0 Å². The van der Waals surface area contributed by atoms with Gasteiger partial charge in [-0.05, 0) is 62.8 Å². The molecule has 22 heavy (non-hydrogen) atoms. The van der Waals surface area contributed by atoms with Gasteiger partial charge < -0.3 is 4.74 Å². The van der Waals surface area contributed by atoms with Gasteiger partial charge in [-0.3, -0.25) is 0 Å². The number of nitrogens with zero attached hydrogens (tertiary/aromatic N) is 1. The van der Waals surface area contributed by atoms with E-state index in [0.717, 1.165) is 31.4 Å². The standard InChI is InChI=1S/C17H27NO3S/c1-3-13-18(14-4-2)22(19,20)17-11-9-16(10-12-17)21-15-7-5-6-8-15/h9-12,15H,3-8,13-14H2,1-2H3. The Hall–Kier alpha value is -1.07. The monoisotopic (exact) mass is 325 g/mol. The Morgan fingerprint density at radius 3 is 2.09 bits per heavy atom. The molecule has 0 N–H and O–H groups in total. The van der Waals surface area contributed by atoms with Crippen molar-refractivity contribution in [3.63, 3.8) is 0 Å². The molecule has 1 saturated carbocycles. The van der Waals surface area contributed by atoms with E-state index in [1.165, 1.54) is 12.8 Å². The average Bonchev–Trinajstić information content (AvgIpc) is 3.00. The molecule has 1 aromatic rings. The largest absolute Gasteiger partial charge is 0.490 e. The molecule has 1 aromatic carbocycles. The molecule has 0 spiro atoms. The third-order valence-electron chi connectivity index (χ3n) is 4.01. The molecule has 1 aliphatic carbocycles. The summed E-state index contributed by atoms with van der Waals surface area (Å²) in [4.78, 5) is 0.355. The molecule has 0 unspecified atom stereocenters. The molecule has 0 amide bonds. The highest BCUT2D eigenvalue weighted by Crippen LogP contribution is 2.25. The highest BCUT2D eigenvalue weighted by Gasteiger charge is 2.23. The molecule has 0 heterocycles. The summed E-state index contributed by atoms with van der Waals surface area (Å²) in [5.74, 6) is 0.767. The van der Waals surface area contributed by atoms with E-state index in [0.29, 0.717) is 24.1 Å². The van der Waals surface area contributed by atoms with Crippen molar-refractivity contribution < 1.29 is 13.2 Å². The van der Waals surface area contributed by atoms with Gasteiger partial charge in [0.25, 0.3) is 0 Å². The number of hydrogen-bond donors (Lipinski definition) is 0. The van der Waals surface area contributed by atoms with E-state index in [1.807, 2.05) is 13.8 Å². The second kappa shape index (κ2) is 7.97. The van der Waals surface area contributed by atoms with E-state index in [1.54, 1.807) is 28.6 Å². The maximum atomic E-state index is 12.7. The zero-order chi connectivity index (χ0) is 16.0. The van der Waals surface area contributed by atoms with Crippen molar-refractivity contribution in [3.8, 4) is 5.75 Å². The van der Waals surface area contributed by atoms with E-state index in [-0.39, 0.29) is 0 Å². The Balaban J connectivity index is 2.09. The van der Waals surface area contributed by atoms with Crippen molar-refractivity contribution >= 4 is 10.0 Å². The van der Waals surface area contributed by atoms with E-state index >= 15 is 0 Å². The summed E-state index contributed by atoms with van der Waals surface area (Å²) < 4.78 is 32.8. The normalized spacial score (nSPS) is 16.3. The quantitative estimate of drug-likeness (QED) is 0.730. The first-order valence-corrected chi connectivity index (χ1v) is 9.78. The summed E-state index contributed by atoms with van der Waals surface area (Å²) in [6, 6.07) is 6.89. The fourth-order valence-corrected chi connectivity index (χ4v) is 4.51. The van der Waals surface area contributed by atoms with Crippen molar-refractivity contribution in [2.24, 2.45) is 0 Å². The lowest BCUT2D eigenvalue weighted by Crippen LogP contribution is -2.32. The first kappa shape index (κ1) is 17.3. The van der Waals surface area contributed by atoms with Crippen LogP contribution < -0.4 is 4.74 Å². The molecule has 0 bridgehead atoms. The number of ether oxygens (including phenoxy) is 1. The molecule has 0 radical (unpaired) electrons. The molecule has 0 aromatic heterocycles. The second-order valence-electron chi connectivity index (χ2n) is 5.90. The average molecular weight is 325 g/mol. The third-order valence-corrected chi connectivity index (χ3v) is 5.93. The van der Waals surface area contributed by atoms with Gasteiger partial charge in [0.1, 0.15) is 5.75 Å². The summed E-state index contributed by atoms with van der Waals surface area (Å²) in [6.07, 6.45) is 6.57. The van der Waals surface area contributed by atoms with Gasteiger partial charge in [-0.25, -0.2) is 8.42 Å². The number of hydrogen-bond acceptors (Lipinski definition) is 3. The van der Waals surface area contributed by atoms with Crippen LogP contribution in [0.1, 0.15) is 52.4 Å². The van der Waals surface area contributed by atoms with Crippen molar-refractivity contribution in [2.75, 3.05) is 13.1 Å². The molecule has 0 aliphatic heterocycles. The maximum Gasteiger partial charge on any atom is 0.243 e. The van der Waals surface area contributed by atoms with Gasteiger partial charge in [0, 0.05) is 13.1 Å². The lowest BCUT2D eigenvalue weighted by Gasteiger charge is -2.21. The molecule has 124 valence electrons. The van der Waals surface area contributed by atoms with Crippen LogP contribution in [-0.2, 0) is 10.0 Å². The molecule has 1 aliphatic rings. The summed E-state index contributed by atoms with van der Waals surface area (Å²) in [5, 5.41) is 0. The fraction of sp³-hybridized carbons (Fsp3) is 0.647. The number of benzene rings is 1. The Morgan fingerprint density at radius 1 is 1.05 bits per heavy atom. The highest BCUT2D eigenvalue weighted by molar-refractivity contribution is 7.89. The lowest BCUT2D eigenvalue weighted by molar-refractivity contribution is 0.210. The molecule has 5 heteroatoms. The molecule has 0 atom stereocenters. The SMILES string of the molecule is CCCN(CCC)S(=O)(=O)c1ccc(OC2CCCC2)cc1. The Labute approximate surface area is 134 Å². The Bertz CT molecular complexity index is 542. The predicted octanol–water partition coefficient (Wildman–Crippen LogP) is 3.82. The van der Waals surface area contributed by atoms with E-state index < -0.39 is 10.0 Å². The van der Waals surface area contributed by atoms with E-state index in [2.05, 4.69) is 0 Å². The fourth-order valence-electron chi connectivity index (χ4n) is 2.89. The van der Waals surface area contributed by atoms with Crippen molar-refractivity contribution in [3.05, 3.63) is 24.3 Å². The summed E-state index contributed by atoms with van der Waals surface area (Å²) in [6.45, 7) is 5.13. The highest BCUT2D eigenvalue weighted by atomic mass is 32.2. The van der Waals surface area contributed by atoms with Crippen LogP contribution in [0.2, 0.25) is 0 Å². The topological polar surface area (TPSA) is 46.6 Å². The van der Waals surface area contributed by atoms with Crippen LogP contribution in [0.4, 0.5) is 0 Å². The lowest BCUT2D eigenvalue weighted by atomic mass is 10.3. The molecule has 1 fully saturated rings. The summed E-state index contributed by atoms with van der Waals surface area (Å²) in [7, 11) is -3.39. The third kappa shape index (κ3) is 4.23. The van der Waals surface area contributed by atoms with Gasteiger partial charge in [-0.15, -0.1) is 0 Å². The second-order valence-corrected chi connectivity index (χ2v) is 7.84. The van der Waals surface area contributed by atoms with Gasteiger partial charge in [0.2, 0.25) is 10.0 Å². The minimum absolute atomic E-state index is 0.291. The smallest absolute Gasteiger partial charge is 0.243 e. The van der Waals surface area contributed by atoms with Crippen LogP contribution in [0.3, 0.4) is 0 Å². The van der Waals surface area contributed by atoms with Crippen molar-refractivity contribution in [1.82, 2.24) is 4.31 Å². The van der Waals surface area contributed by atoms with Crippen LogP contribution in [0.5, 0.6) is 5.75 Å². The first-order chi connectivity index (χ1) is 10.6. The van der Waals surface area contributed by atoms with Crippen LogP contribution in [0, 0.1) is 0 Å². The molecular weight excluding hydrogens is 298 g/mol. The molecular formula is C17H27NO3S. The van der Waals surface area contributed by atoms with Crippen LogP contribution >= 0.6 is 0 Å². The van der Waals surface area contributed by atoms with Gasteiger partial charge in [-0.2, -0.15) is 4.31 Å². The zero-order valence-corrected chi connectivity index (χ0v) is 14.4.